The number of rotatable bonds is 2. The van der Waals surface area contributed by atoms with Gasteiger partial charge in [0.25, 0.3) is 6.47 Å². The van der Waals surface area contributed by atoms with Crippen molar-refractivity contribution >= 4 is 22.9 Å². The quantitative estimate of drug-likeness (QED) is 0.829. The van der Waals surface area contributed by atoms with Gasteiger partial charge in [0.2, 0.25) is 0 Å². The Morgan fingerprint density at radius 1 is 1.17 bits per heavy atom. The van der Waals surface area contributed by atoms with Crippen molar-refractivity contribution < 1.29 is 14.6 Å². The first-order valence-corrected chi connectivity index (χ1v) is 8.19. The molecule has 0 aliphatic carbocycles. The molecular formula is C19H26N2O3. The van der Waals surface area contributed by atoms with Crippen LogP contribution in [0.25, 0.3) is 10.8 Å². The topological polar surface area (TPSA) is 61.8 Å². The van der Waals surface area contributed by atoms with Crippen LogP contribution in [-0.2, 0) is 9.53 Å². The third kappa shape index (κ3) is 5.13. The number of phenols is 1. The van der Waals surface area contributed by atoms with Crippen LogP contribution in [0.1, 0.15) is 20.8 Å². The van der Waals surface area contributed by atoms with Crippen molar-refractivity contribution in [3.05, 3.63) is 36.4 Å². The van der Waals surface area contributed by atoms with E-state index in [9.17, 15) is 9.90 Å². The molecule has 0 atom stereocenters. The first-order valence-electron chi connectivity index (χ1n) is 8.19. The van der Waals surface area contributed by atoms with Crippen LogP contribution < -0.4 is 10.2 Å². The molecule has 24 heavy (non-hydrogen) atoms. The molecule has 0 radical (unpaired) electrons. The number of phenolic OH excluding ortho intramolecular Hbond substituents is 1. The molecule has 0 bridgehead atoms. The molecular weight excluding hydrogens is 304 g/mol. The summed E-state index contributed by atoms with van der Waals surface area (Å²) in [5, 5.41) is 15.2. The number of fused-ring (bicyclic) bond motifs is 1. The van der Waals surface area contributed by atoms with Crippen molar-refractivity contribution in [2.24, 2.45) is 0 Å². The SMILES string of the molecule is CC(C)(C)OC=O.Oc1ccc2c(N3CCNCC3)cccc2c1. The van der Waals surface area contributed by atoms with E-state index in [2.05, 4.69) is 27.1 Å². The highest BCUT2D eigenvalue weighted by Crippen LogP contribution is 2.29. The molecule has 1 aliphatic rings. The zero-order valence-corrected chi connectivity index (χ0v) is 14.6. The number of aromatic hydroxyl groups is 1. The summed E-state index contributed by atoms with van der Waals surface area (Å²) < 4.78 is 4.55. The highest BCUT2D eigenvalue weighted by molar-refractivity contribution is 5.95. The molecule has 1 heterocycles. The van der Waals surface area contributed by atoms with Crippen LogP contribution >= 0.6 is 0 Å². The van der Waals surface area contributed by atoms with Gasteiger partial charge >= 0.3 is 0 Å². The van der Waals surface area contributed by atoms with Crippen LogP contribution in [0, 0.1) is 0 Å². The zero-order chi connectivity index (χ0) is 17.6. The van der Waals surface area contributed by atoms with Gasteiger partial charge in [0, 0.05) is 37.3 Å². The molecule has 130 valence electrons. The third-order valence-electron chi connectivity index (χ3n) is 3.70. The van der Waals surface area contributed by atoms with E-state index in [0.29, 0.717) is 12.2 Å². The molecule has 1 fully saturated rings. The summed E-state index contributed by atoms with van der Waals surface area (Å²) in [7, 11) is 0. The molecule has 5 nitrogen and oxygen atoms in total. The largest absolute Gasteiger partial charge is 0.508 e. The number of anilines is 1. The van der Waals surface area contributed by atoms with E-state index in [0.717, 1.165) is 31.6 Å². The number of carbonyl (C=O) groups is 1. The second-order valence-corrected chi connectivity index (χ2v) is 6.75. The average Bonchev–Trinajstić information content (AvgIpc) is 2.54. The summed E-state index contributed by atoms with van der Waals surface area (Å²) >= 11 is 0. The zero-order valence-electron chi connectivity index (χ0n) is 14.6. The number of piperazine rings is 1. The molecule has 0 unspecified atom stereocenters. The minimum Gasteiger partial charge on any atom is -0.508 e. The lowest BCUT2D eigenvalue weighted by atomic mass is 10.1. The van der Waals surface area contributed by atoms with Gasteiger partial charge in [-0.2, -0.15) is 0 Å². The molecule has 0 amide bonds. The Kier molecular flexibility index (Phi) is 6.04. The number of hydrogen-bond donors (Lipinski definition) is 2. The van der Waals surface area contributed by atoms with Gasteiger partial charge in [-0.1, -0.05) is 12.1 Å². The van der Waals surface area contributed by atoms with Gasteiger partial charge in [-0.05, 0) is 50.4 Å². The molecule has 5 heteroatoms. The molecule has 3 rings (SSSR count). The monoisotopic (exact) mass is 330 g/mol. The number of nitrogens with zero attached hydrogens (tertiary/aromatic N) is 1. The Labute approximate surface area is 143 Å². The van der Waals surface area contributed by atoms with Crippen molar-refractivity contribution in [2.45, 2.75) is 26.4 Å². The Bertz CT molecular complexity index is 674. The van der Waals surface area contributed by atoms with E-state index in [-0.39, 0.29) is 5.60 Å². The van der Waals surface area contributed by atoms with Crippen molar-refractivity contribution in [3.8, 4) is 5.75 Å². The van der Waals surface area contributed by atoms with E-state index in [1.807, 2.05) is 39.0 Å². The van der Waals surface area contributed by atoms with Crippen molar-refractivity contribution in [3.63, 3.8) is 0 Å². The van der Waals surface area contributed by atoms with Crippen molar-refractivity contribution in [2.75, 3.05) is 31.1 Å². The van der Waals surface area contributed by atoms with Gasteiger partial charge in [-0.25, -0.2) is 0 Å². The lowest BCUT2D eigenvalue weighted by Gasteiger charge is -2.30. The third-order valence-corrected chi connectivity index (χ3v) is 3.70. The predicted octanol–water partition coefficient (Wildman–Crippen LogP) is 2.91. The van der Waals surface area contributed by atoms with Gasteiger partial charge in [-0.3, -0.25) is 4.79 Å². The van der Waals surface area contributed by atoms with Crippen LogP contribution in [0.4, 0.5) is 5.69 Å². The maximum Gasteiger partial charge on any atom is 0.293 e. The van der Waals surface area contributed by atoms with Gasteiger partial charge in [0.05, 0.1) is 0 Å². The van der Waals surface area contributed by atoms with E-state index < -0.39 is 0 Å². The minimum atomic E-state index is -0.318. The van der Waals surface area contributed by atoms with Crippen molar-refractivity contribution in [1.82, 2.24) is 5.32 Å². The molecule has 1 saturated heterocycles. The molecule has 0 aromatic heterocycles. The fraction of sp³-hybridized carbons (Fsp3) is 0.421. The van der Waals surface area contributed by atoms with Crippen LogP contribution in [-0.4, -0.2) is 43.4 Å². The summed E-state index contributed by atoms with van der Waals surface area (Å²) in [6, 6.07) is 11.8. The maximum absolute atomic E-state index is 9.60. The van der Waals surface area contributed by atoms with Crippen LogP contribution in [0.15, 0.2) is 36.4 Å². The summed E-state index contributed by atoms with van der Waals surface area (Å²) in [6.45, 7) is 10.1. The molecule has 1 aliphatic heterocycles. The van der Waals surface area contributed by atoms with E-state index in [1.54, 1.807) is 6.07 Å². The fourth-order valence-electron chi connectivity index (χ4n) is 2.58. The average molecular weight is 330 g/mol. The molecule has 2 N–H and O–H groups in total. The Hall–Kier alpha value is -2.27. The van der Waals surface area contributed by atoms with E-state index >= 15 is 0 Å². The highest BCUT2D eigenvalue weighted by atomic mass is 16.5. The summed E-state index contributed by atoms with van der Waals surface area (Å²) in [4.78, 5) is 12.0. The lowest BCUT2D eigenvalue weighted by molar-refractivity contribution is -0.138. The fourth-order valence-corrected chi connectivity index (χ4v) is 2.58. The first kappa shape index (κ1) is 18.1. The first-order chi connectivity index (χ1) is 11.4. The molecule has 0 saturated carbocycles. The highest BCUT2D eigenvalue weighted by Gasteiger charge is 2.12. The van der Waals surface area contributed by atoms with Gasteiger partial charge in [0.1, 0.15) is 11.4 Å². The Morgan fingerprint density at radius 3 is 2.46 bits per heavy atom. The number of ether oxygens (including phenoxy) is 1. The Morgan fingerprint density at radius 2 is 1.88 bits per heavy atom. The van der Waals surface area contributed by atoms with Crippen LogP contribution in [0.3, 0.4) is 0 Å². The van der Waals surface area contributed by atoms with Gasteiger partial charge < -0.3 is 20.1 Å². The second kappa shape index (κ2) is 8.02. The van der Waals surface area contributed by atoms with Crippen LogP contribution in [0.5, 0.6) is 5.75 Å². The standard InChI is InChI=1S/C14H16N2O.C5H10O2/c17-12-4-5-13-11(10-12)2-1-3-14(13)16-8-6-15-7-9-16;1-5(2,3)7-4-6/h1-5,10,15,17H,6-9H2;4H,1-3H3. The second-order valence-electron chi connectivity index (χ2n) is 6.75. The number of benzene rings is 2. The minimum absolute atomic E-state index is 0.318. The van der Waals surface area contributed by atoms with Gasteiger partial charge in [0.15, 0.2) is 0 Å². The molecule has 0 spiro atoms. The maximum atomic E-state index is 9.60. The smallest absolute Gasteiger partial charge is 0.293 e. The number of carbonyl (C=O) groups excluding carboxylic acids is 1. The summed E-state index contributed by atoms with van der Waals surface area (Å²) in [6.07, 6.45) is 0. The molecule has 2 aromatic carbocycles. The summed E-state index contributed by atoms with van der Waals surface area (Å²) in [5.74, 6) is 0.329. The van der Waals surface area contributed by atoms with Gasteiger partial charge in [-0.15, -0.1) is 0 Å². The lowest BCUT2D eigenvalue weighted by Crippen LogP contribution is -2.43. The van der Waals surface area contributed by atoms with Crippen LogP contribution in [0.2, 0.25) is 0 Å². The normalized spacial score (nSPS) is 14.7. The summed E-state index contributed by atoms with van der Waals surface area (Å²) in [5.41, 5.74) is 0.950. The van der Waals surface area contributed by atoms with E-state index in [1.165, 1.54) is 11.1 Å². The molecule has 2 aromatic rings. The Balaban J connectivity index is 0.000000256. The predicted molar refractivity (Wildman–Crippen MR) is 97.6 cm³/mol. The van der Waals surface area contributed by atoms with Crippen molar-refractivity contribution in [1.29, 1.82) is 0 Å². The number of hydrogen-bond acceptors (Lipinski definition) is 5. The number of nitrogens with one attached hydrogen (secondary N) is 1. The van der Waals surface area contributed by atoms with E-state index in [4.69, 9.17) is 0 Å².